The van der Waals surface area contributed by atoms with E-state index in [4.69, 9.17) is 20.9 Å². The molecule has 2 atom stereocenters. The van der Waals surface area contributed by atoms with Crippen LogP contribution in [0.25, 0.3) is 0 Å². The average Bonchev–Trinajstić information content (AvgIpc) is 2.76. The van der Waals surface area contributed by atoms with Crippen molar-refractivity contribution in [3.63, 3.8) is 0 Å². The minimum Gasteiger partial charge on any atom is -0.497 e. The van der Waals surface area contributed by atoms with E-state index in [-0.39, 0.29) is 24.9 Å². The maximum absolute atomic E-state index is 12.8. The van der Waals surface area contributed by atoms with E-state index in [1.165, 1.54) is 11.1 Å². The second-order valence-corrected chi connectivity index (χ2v) is 6.46. The first-order chi connectivity index (χ1) is 14.5. The number of esters is 1. The molecule has 156 valence electrons. The average molecular weight is 410 g/mol. The molecule has 2 aromatic rings. The lowest BCUT2D eigenvalue weighted by atomic mass is 9.84. The molecule has 4 N–H and O–H groups in total. The number of hydrogen-bond acceptors (Lipinski definition) is 7. The van der Waals surface area contributed by atoms with E-state index in [0.29, 0.717) is 11.6 Å². The number of rotatable bonds is 8. The van der Waals surface area contributed by atoms with E-state index in [9.17, 15) is 9.59 Å². The van der Waals surface area contributed by atoms with Crippen LogP contribution in [-0.4, -0.2) is 42.2 Å². The highest BCUT2D eigenvalue weighted by Crippen LogP contribution is 2.34. The van der Waals surface area contributed by atoms with Crippen LogP contribution in [0.4, 0.5) is 5.82 Å². The van der Waals surface area contributed by atoms with Crippen molar-refractivity contribution in [1.29, 1.82) is 0 Å². The van der Waals surface area contributed by atoms with Crippen LogP contribution >= 0.6 is 0 Å². The van der Waals surface area contributed by atoms with E-state index in [1.54, 1.807) is 55.8 Å². The fourth-order valence-corrected chi connectivity index (χ4v) is 3.03. The van der Waals surface area contributed by atoms with Gasteiger partial charge < -0.3 is 20.9 Å². The zero-order valence-electron chi connectivity index (χ0n) is 16.3. The molecular weight excluding hydrogens is 388 g/mol. The Balaban J connectivity index is 1.72. The van der Waals surface area contributed by atoms with Gasteiger partial charge in [0.2, 0.25) is 11.9 Å². The molecule has 1 aliphatic heterocycles. The highest BCUT2D eigenvalue weighted by Gasteiger charge is 2.53. The topological polar surface area (TPSA) is 145 Å². The number of carbonyl (C=O) groups excluding carboxylic acids is 2. The van der Waals surface area contributed by atoms with E-state index in [1.807, 2.05) is 0 Å². The predicted molar refractivity (Wildman–Crippen MR) is 111 cm³/mol. The Morgan fingerprint density at radius 3 is 2.63 bits per heavy atom. The molecule has 0 unspecified atom stereocenters. The molecule has 10 heteroatoms. The van der Waals surface area contributed by atoms with Gasteiger partial charge in [-0.05, 0) is 36.2 Å². The number of β-lactam (4-membered cyclic amide) rings is 1. The van der Waals surface area contributed by atoms with Crippen molar-refractivity contribution in [3.8, 4) is 5.75 Å². The fraction of sp³-hybridized carbons (Fsp3) is 0.250. The number of ether oxygens (including phenoxy) is 2. The Morgan fingerprint density at radius 1 is 1.23 bits per heavy atom. The van der Waals surface area contributed by atoms with Crippen molar-refractivity contribution in [3.05, 3.63) is 54.2 Å². The summed E-state index contributed by atoms with van der Waals surface area (Å²) < 4.78 is 10.6. The van der Waals surface area contributed by atoms with Gasteiger partial charge in [-0.15, -0.1) is 5.10 Å². The predicted octanol–water partition coefficient (Wildman–Crippen LogP) is 0.814. The maximum atomic E-state index is 12.8. The van der Waals surface area contributed by atoms with Crippen molar-refractivity contribution >= 4 is 29.9 Å². The van der Waals surface area contributed by atoms with Crippen LogP contribution in [0.5, 0.6) is 5.75 Å². The van der Waals surface area contributed by atoms with Crippen molar-refractivity contribution in [2.75, 3.05) is 12.0 Å². The van der Waals surface area contributed by atoms with Crippen LogP contribution in [0, 0.1) is 5.92 Å². The first-order valence-electron chi connectivity index (χ1n) is 9.15. The molecule has 3 rings (SSSR count). The van der Waals surface area contributed by atoms with Gasteiger partial charge >= 0.3 is 5.97 Å². The molecule has 0 saturated carbocycles. The number of anilines is 1. The third-order valence-electron chi connectivity index (χ3n) is 4.51. The second kappa shape index (κ2) is 9.50. The Kier molecular flexibility index (Phi) is 6.58. The Labute approximate surface area is 173 Å². The number of nitrogens with zero attached hydrogens (tertiary/aromatic N) is 4. The third-order valence-corrected chi connectivity index (χ3v) is 4.51. The summed E-state index contributed by atoms with van der Waals surface area (Å²) in [6, 6.07) is 11.5. The highest BCUT2D eigenvalue weighted by atomic mass is 16.5. The van der Waals surface area contributed by atoms with Gasteiger partial charge in [0, 0.05) is 12.4 Å². The number of nitrogens with two attached hydrogens (primary N) is 2. The summed E-state index contributed by atoms with van der Waals surface area (Å²) >= 11 is 0. The van der Waals surface area contributed by atoms with Crippen LogP contribution in [-0.2, 0) is 20.9 Å². The molecule has 1 aliphatic rings. The molecule has 10 nitrogen and oxygen atoms in total. The van der Waals surface area contributed by atoms with Crippen molar-refractivity contribution in [2.45, 2.75) is 19.1 Å². The first-order valence-corrected chi connectivity index (χ1v) is 9.15. The van der Waals surface area contributed by atoms with Gasteiger partial charge in [0.05, 0.1) is 13.0 Å². The Bertz CT molecular complexity index is 942. The number of benzene rings is 1. The number of aromatic nitrogens is 1. The SMILES string of the molecule is COc1ccc(COC(=O)[C@@H]2[C@@H](C/C=N/N=C(N)N)C(=O)N2c2ccccn2)cc1. The van der Waals surface area contributed by atoms with Gasteiger partial charge in [0.25, 0.3) is 0 Å². The molecule has 0 spiro atoms. The maximum Gasteiger partial charge on any atom is 0.330 e. The number of guanidine groups is 1. The van der Waals surface area contributed by atoms with Gasteiger partial charge in [-0.3, -0.25) is 9.69 Å². The van der Waals surface area contributed by atoms with Gasteiger partial charge in [-0.1, -0.05) is 18.2 Å². The normalized spacial score (nSPS) is 18.0. The molecule has 1 aromatic heterocycles. The molecule has 0 aliphatic carbocycles. The lowest BCUT2D eigenvalue weighted by Crippen LogP contribution is -2.65. The minimum atomic E-state index is -0.823. The van der Waals surface area contributed by atoms with E-state index in [2.05, 4.69) is 15.2 Å². The van der Waals surface area contributed by atoms with Crippen LogP contribution in [0.3, 0.4) is 0 Å². The minimum absolute atomic E-state index is 0.0678. The number of amides is 1. The number of pyridine rings is 1. The van der Waals surface area contributed by atoms with Crippen molar-refractivity contribution < 1.29 is 19.1 Å². The number of methoxy groups -OCH3 is 1. The molecule has 1 fully saturated rings. The molecule has 0 radical (unpaired) electrons. The van der Waals surface area contributed by atoms with E-state index in [0.717, 1.165) is 5.56 Å². The standard InChI is InChI=1S/C20H22N6O4/c1-29-14-7-5-13(6-8-14)12-30-19(28)17-15(9-11-24-25-20(21)22)18(27)26(17)16-4-2-3-10-23-16/h2-8,10-11,15,17H,9,12H2,1H3,(H4,21,22,25)/b24-11+/t15-,17+/m1/s1. The summed E-state index contributed by atoms with van der Waals surface area (Å²) in [6.45, 7) is 0.0678. The van der Waals surface area contributed by atoms with Crippen LogP contribution in [0.2, 0.25) is 0 Å². The molecular formula is C20H22N6O4. The molecule has 0 bridgehead atoms. The smallest absolute Gasteiger partial charge is 0.330 e. The van der Waals surface area contributed by atoms with Crippen LogP contribution in [0.1, 0.15) is 12.0 Å². The Morgan fingerprint density at radius 2 is 2.00 bits per heavy atom. The summed E-state index contributed by atoms with van der Waals surface area (Å²) in [5.74, 6) is -0.542. The Hall–Kier alpha value is -3.95. The fourth-order valence-electron chi connectivity index (χ4n) is 3.03. The lowest BCUT2D eigenvalue weighted by molar-refractivity contribution is -0.155. The molecule has 30 heavy (non-hydrogen) atoms. The summed E-state index contributed by atoms with van der Waals surface area (Å²) in [6.07, 6.45) is 3.12. The number of hydrogen-bond donors (Lipinski definition) is 2. The number of carbonyl (C=O) groups is 2. The lowest BCUT2D eigenvalue weighted by Gasteiger charge is -2.44. The molecule has 1 saturated heterocycles. The zero-order valence-corrected chi connectivity index (χ0v) is 16.3. The monoisotopic (exact) mass is 410 g/mol. The molecule has 2 heterocycles. The van der Waals surface area contributed by atoms with Gasteiger partial charge in [0.15, 0.2) is 0 Å². The summed E-state index contributed by atoms with van der Waals surface area (Å²) in [4.78, 5) is 31.0. The largest absolute Gasteiger partial charge is 0.497 e. The zero-order chi connectivity index (χ0) is 21.5. The summed E-state index contributed by atoms with van der Waals surface area (Å²) in [5.41, 5.74) is 11.2. The van der Waals surface area contributed by atoms with Gasteiger partial charge in [0.1, 0.15) is 24.2 Å². The van der Waals surface area contributed by atoms with Crippen LogP contribution in [0.15, 0.2) is 58.9 Å². The van der Waals surface area contributed by atoms with E-state index < -0.39 is 17.9 Å². The summed E-state index contributed by atoms with van der Waals surface area (Å²) in [7, 11) is 1.57. The van der Waals surface area contributed by atoms with Crippen molar-refractivity contribution in [2.24, 2.45) is 27.6 Å². The first kappa shape index (κ1) is 20.8. The quantitative estimate of drug-likeness (QED) is 0.215. The van der Waals surface area contributed by atoms with Gasteiger partial charge in [-0.25, -0.2) is 9.78 Å². The van der Waals surface area contributed by atoms with Crippen molar-refractivity contribution in [1.82, 2.24) is 4.98 Å². The molecule has 1 amide bonds. The summed E-state index contributed by atoms with van der Waals surface area (Å²) in [5, 5.41) is 7.19. The molecule has 1 aromatic carbocycles. The third kappa shape index (κ3) is 4.72. The highest BCUT2D eigenvalue weighted by molar-refractivity contribution is 6.11. The van der Waals surface area contributed by atoms with E-state index >= 15 is 0 Å². The van der Waals surface area contributed by atoms with Gasteiger partial charge in [-0.2, -0.15) is 5.10 Å². The van der Waals surface area contributed by atoms with Crippen LogP contribution < -0.4 is 21.1 Å². The second-order valence-electron chi connectivity index (χ2n) is 6.46.